The molecule has 1 N–H and O–H groups in total. The molecule has 1 aromatic rings. The van der Waals surface area contributed by atoms with E-state index in [0.717, 1.165) is 44.6 Å². The van der Waals surface area contributed by atoms with E-state index < -0.39 is 0 Å². The highest BCUT2D eigenvalue weighted by Crippen LogP contribution is 2.29. The Morgan fingerprint density at radius 3 is 2.78 bits per heavy atom. The van der Waals surface area contributed by atoms with E-state index in [0.29, 0.717) is 17.9 Å². The van der Waals surface area contributed by atoms with Crippen molar-refractivity contribution >= 4 is 18.3 Å². The van der Waals surface area contributed by atoms with Crippen LogP contribution in [0.4, 0.5) is 0 Å². The van der Waals surface area contributed by atoms with Crippen LogP contribution in [0, 0.1) is 11.8 Å². The summed E-state index contributed by atoms with van der Waals surface area (Å²) in [4.78, 5) is 14.9. The van der Waals surface area contributed by atoms with Crippen molar-refractivity contribution in [2.24, 2.45) is 11.8 Å². The lowest BCUT2D eigenvalue weighted by Gasteiger charge is -2.35. The number of carbonyl (C=O) groups is 1. The number of methoxy groups -OCH3 is 1. The molecule has 2 atom stereocenters. The maximum atomic E-state index is 12.8. The fourth-order valence-corrected chi connectivity index (χ4v) is 3.59. The van der Waals surface area contributed by atoms with Gasteiger partial charge >= 0.3 is 0 Å². The van der Waals surface area contributed by atoms with Gasteiger partial charge < -0.3 is 15.0 Å². The summed E-state index contributed by atoms with van der Waals surface area (Å²) in [6, 6.07) is 8.46. The number of amides is 1. The first kappa shape index (κ1) is 18.1. The van der Waals surface area contributed by atoms with Gasteiger partial charge in [0.25, 0.3) is 0 Å². The van der Waals surface area contributed by atoms with Crippen molar-refractivity contribution in [1.82, 2.24) is 10.2 Å². The quantitative estimate of drug-likeness (QED) is 0.897. The van der Waals surface area contributed by atoms with Gasteiger partial charge in [-0.25, -0.2) is 0 Å². The number of likely N-dealkylation sites (tertiary alicyclic amines) is 1. The van der Waals surface area contributed by atoms with Crippen LogP contribution in [-0.2, 0) is 11.2 Å². The van der Waals surface area contributed by atoms with Crippen molar-refractivity contribution in [2.45, 2.75) is 32.2 Å². The van der Waals surface area contributed by atoms with Crippen molar-refractivity contribution in [1.29, 1.82) is 0 Å². The molecule has 2 fully saturated rings. The lowest BCUT2D eigenvalue weighted by molar-refractivity contribution is -0.138. The van der Waals surface area contributed by atoms with Crippen LogP contribution in [0.15, 0.2) is 24.3 Å². The monoisotopic (exact) mass is 338 g/mol. The zero-order valence-electron chi connectivity index (χ0n) is 14.0. The minimum absolute atomic E-state index is 0. The molecule has 1 aromatic carbocycles. The van der Waals surface area contributed by atoms with Crippen molar-refractivity contribution in [3.8, 4) is 5.75 Å². The Balaban J connectivity index is 0.00000192. The Labute approximate surface area is 145 Å². The van der Waals surface area contributed by atoms with E-state index in [2.05, 4.69) is 23.2 Å². The number of halogens is 1. The van der Waals surface area contributed by atoms with Crippen molar-refractivity contribution in [3.05, 3.63) is 29.8 Å². The number of nitrogens with zero attached hydrogens (tertiary/aromatic N) is 1. The summed E-state index contributed by atoms with van der Waals surface area (Å²) < 4.78 is 5.45. The summed E-state index contributed by atoms with van der Waals surface area (Å²) in [5, 5.41) is 3.27. The predicted octanol–water partition coefficient (Wildman–Crippen LogP) is 2.51. The van der Waals surface area contributed by atoms with Gasteiger partial charge in [0.05, 0.1) is 7.11 Å². The highest BCUT2D eigenvalue weighted by atomic mass is 35.5. The van der Waals surface area contributed by atoms with Crippen LogP contribution in [0.3, 0.4) is 0 Å². The van der Waals surface area contributed by atoms with E-state index in [9.17, 15) is 4.79 Å². The molecule has 1 amide bonds. The summed E-state index contributed by atoms with van der Waals surface area (Å²) in [5.74, 6) is 1.92. The van der Waals surface area contributed by atoms with Gasteiger partial charge in [0.1, 0.15) is 5.75 Å². The fraction of sp³-hybridized carbons (Fsp3) is 0.611. The smallest absolute Gasteiger partial charge is 0.226 e. The number of para-hydroxylation sites is 1. The second kappa shape index (κ2) is 8.02. The number of hydrogen-bond donors (Lipinski definition) is 1. The molecule has 0 saturated carbocycles. The first-order valence-electron chi connectivity index (χ1n) is 8.33. The molecule has 4 nitrogen and oxygen atoms in total. The fourth-order valence-electron chi connectivity index (χ4n) is 3.59. The molecule has 2 aliphatic heterocycles. The van der Waals surface area contributed by atoms with Gasteiger partial charge in [0.2, 0.25) is 5.91 Å². The molecule has 2 saturated heterocycles. The number of benzene rings is 1. The summed E-state index contributed by atoms with van der Waals surface area (Å²) in [6.07, 6.45) is 3.10. The van der Waals surface area contributed by atoms with Gasteiger partial charge in [0.15, 0.2) is 0 Å². The molecule has 23 heavy (non-hydrogen) atoms. The van der Waals surface area contributed by atoms with Crippen LogP contribution in [0.1, 0.15) is 25.3 Å². The molecule has 0 radical (unpaired) electrons. The van der Waals surface area contributed by atoms with Crippen LogP contribution >= 0.6 is 12.4 Å². The normalized spacial score (nSPS) is 22.2. The van der Waals surface area contributed by atoms with E-state index in [1.165, 1.54) is 5.56 Å². The molecule has 5 heteroatoms. The first-order valence-corrected chi connectivity index (χ1v) is 8.33. The van der Waals surface area contributed by atoms with Crippen molar-refractivity contribution in [2.75, 3.05) is 26.7 Å². The number of hydrogen-bond acceptors (Lipinski definition) is 3. The average Bonchev–Trinajstić information content (AvgIpc) is 2.93. The summed E-state index contributed by atoms with van der Waals surface area (Å²) in [6.45, 7) is 4.96. The van der Waals surface area contributed by atoms with Crippen molar-refractivity contribution in [3.63, 3.8) is 0 Å². The molecule has 0 bridgehead atoms. The molecule has 2 heterocycles. The van der Waals surface area contributed by atoms with Crippen LogP contribution in [0.25, 0.3) is 0 Å². The Morgan fingerprint density at radius 2 is 2.13 bits per heavy atom. The van der Waals surface area contributed by atoms with Gasteiger partial charge in [-0.2, -0.15) is 0 Å². The average molecular weight is 339 g/mol. The lowest BCUT2D eigenvalue weighted by Crippen LogP contribution is -2.51. The van der Waals surface area contributed by atoms with Crippen LogP contribution in [-0.4, -0.2) is 43.6 Å². The molecule has 3 rings (SSSR count). The summed E-state index contributed by atoms with van der Waals surface area (Å²) in [7, 11) is 1.71. The van der Waals surface area contributed by atoms with Gasteiger partial charge in [-0.3, -0.25) is 4.79 Å². The Kier molecular flexibility index (Phi) is 6.31. The third-order valence-corrected chi connectivity index (χ3v) is 5.22. The van der Waals surface area contributed by atoms with Gasteiger partial charge in [-0.15, -0.1) is 12.4 Å². The number of nitrogens with one attached hydrogen (secondary N) is 1. The number of carbonyl (C=O) groups excluding carboxylic acids is 1. The topological polar surface area (TPSA) is 41.6 Å². The second-order valence-electron chi connectivity index (χ2n) is 6.55. The third kappa shape index (κ3) is 3.81. The number of rotatable bonds is 5. The van der Waals surface area contributed by atoms with E-state index in [-0.39, 0.29) is 18.3 Å². The van der Waals surface area contributed by atoms with Crippen molar-refractivity contribution < 1.29 is 9.53 Å². The van der Waals surface area contributed by atoms with Gasteiger partial charge in [-0.05, 0) is 49.9 Å². The number of ether oxygens (including phenoxy) is 1. The predicted molar refractivity (Wildman–Crippen MR) is 94.2 cm³/mol. The van der Waals surface area contributed by atoms with E-state index in [1.807, 2.05) is 18.2 Å². The lowest BCUT2D eigenvalue weighted by atomic mass is 9.87. The summed E-state index contributed by atoms with van der Waals surface area (Å²) in [5.41, 5.74) is 1.20. The van der Waals surface area contributed by atoms with Crippen LogP contribution < -0.4 is 10.1 Å². The van der Waals surface area contributed by atoms with E-state index in [1.54, 1.807) is 7.11 Å². The van der Waals surface area contributed by atoms with Gasteiger partial charge in [0, 0.05) is 18.5 Å². The molecular weight excluding hydrogens is 312 g/mol. The zero-order valence-corrected chi connectivity index (χ0v) is 14.8. The SMILES string of the molecule is COc1ccccc1CC1CCCN1C(=O)C(C)C1CNC1.Cl. The molecule has 128 valence electrons. The highest BCUT2D eigenvalue weighted by molar-refractivity contribution is 5.85. The molecule has 0 aliphatic carbocycles. The maximum absolute atomic E-state index is 12.8. The Morgan fingerprint density at radius 1 is 1.39 bits per heavy atom. The third-order valence-electron chi connectivity index (χ3n) is 5.22. The standard InChI is InChI=1S/C18H26N2O2.ClH/c1-13(15-11-19-12-15)18(21)20-9-5-7-16(20)10-14-6-3-4-8-17(14)22-2;/h3-4,6,8,13,15-16,19H,5,7,9-12H2,1-2H3;1H. The van der Waals surface area contributed by atoms with Crippen LogP contribution in [0.5, 0.6) is 5.75 Å². The molecule has 0 spiro atoms. The van der Waals surface area contributed by atoms with E-state index >= 15 is 0 Å². The Hall–Kier alpha value is -1.26. The summed E-state index contributed by atoms with van der Waals surface area (Å²) >= 11 is 0. The van der Waals surface area contributed by atoms with Gasteiger partial charge in [-0.1, -0.05) is 25.1 Å². The molecule has 2 aliphatic rings. The maximum Gasteiger partial charge on any atom is 0.226 e. The van der Waals surface area contributed by atoms with Crippen LogP contribution in [0.2, 0.25) is 0 Å². The minimum atomic E-state index is 0. The molecule has 0 aromatic heterocycles. The minimum Gasteiger partial charge on any atom is -0.496 e. The second-order valence-corrected chi connectivity index (χ2v) is 6.55. The molecule has 2 unspecified atom stereocenters. The Bertz CT molecular complexity index is 534. The first-order chi connectivity index (χ1) is 10.7. The highest BCUT2D eigenvalue weighted by Gasteiger charge is 2.36. The molecular formula is C18H27ClN2O2. The zero-order chi connectivity index (χ0) is 15.5. The van der Waals surface area contributed by atoms with E-state index in [4.69, 9.17) is 4.74 Å². The largest absolute Gasteiger partial charge is 0.496 e.